The van der Waals surface area contributed by atoms with Gasteiger partial charge in [0.2, 0.25) is 12.7 Å². The van der Waals surface area contributed by atoms with Gasteiger partial charge in [0.25, 0.3) is 0 Å². The number of amides is 1. The first-order chi connectivity index (χ1) is 16.3. The fourth-order valence-corrected chi connectivity index (χ4v) is 7.32. The highest BCUT2D eigenvalue weighted by Gasteiger charge is 2.40. The maximum absolute atomic E-state index is 13.2. The van der Waals surface area contributed by atoms with Gasteiger partial charge in [-0.3, -0.25) is 14.2 Å². The lowest BCUT2D eigenvalue weighted by molar-refractivity contribution is -0.117. The molecule has 0 spiro atoms. The molecule has 0 radical (unpaired) electrons. The maximum atomic E-state index is 13.2. The molecular formula is C24H28NO7PS. The van der Waals surface area contributed by atoms with E-state index in [0.29, 0.717) is 22.6 Å². The van der Waals surface area contributed by atoms with Crippen LogP contribution in [0.3, 0.4) is 0 Å². The topological polar surface area (TPSA) is 114 Å². The lowest BCUT2D eigenvalue weighted by Gasteiger charge is -2.25. The first-order valence-corrected chi connectivity index (χ1v) is 13.8. The zero-order valence-electron chi connectivity index (χ0n) is 19.3. The van der Waals surface area contributed by atoms with E-state index in [1.807, 2.05) is 24.3 Å². The molecule has 0 aromatic heterocycles. The summed E-state index contributed by atoms with van der Waals surface area (Å²) >= 11 is 1.26. The van der Waals surface area contributed by atoms with Crippen LogP contribution >= 0.6 is 19.4 Å². The van der Waals surface area contributed by atoms with Crippen molar-refractivity contribution in [1.82, 2.24) is 0 Å². The zero-order chi connectivity index (χ0) is 24.5. The van der Waals surface area contributed by atoms with Gasteiger partial charge in [-0.1, -0.05) is 24.3 Å². The molecule has 0 fully saturated rings. The number of rotatable bonds is 8. The number of thioether (sulfide) groups is 1. The molecule has 2 aliphatic rings. The number of ether oxygens (including phenoxy) is 2. The molecule has 0 bridgehead atoms. The van der Waals surface area contributed by atoms with Crippen LogP contribution in [0.5, 0.6) is 11.5 Å². The highest BCUT2D eigenvalue weighted by Crippen LogP contribution is 2.52. The molecule has 3 atom stereocenters. The summed E-state index contributed by atoms with van der Waals surface area (Å²) in [4.78, 5) is 25.7. The van der Waals surface area contributed by atoms with Crippen LogP contribution in [0.4, 0.5) is 0 Å². The second kappa shape index (κ2) is 10.1. The van der Waals surface area contributed by atoms with Crippen molar-refractivity contribution in [2.75, 3.05) is 20.0 Å². The molecule has 1 amide bonds. The van der Waals surface area contributed by atoms with Gasteiger partial charge in [-0.15, -0.1) is 11.8 Å². The van der Waals surface area contributed by atoms with Crippen molar-refractivity contribution in [3.63, 3.8) is 0 Å². The van der Waals surface area contributed by atoms with Crippen LogP contribution in [0.25, 0.3) is 0 Å². The number of carbonyl (C=O) groups is 2. The highest BCUT2D eigenvalue weighted by atomic mass is 32.2. The van der Waals surface area contributed by atoms with E-state index in [9.17, 15) is 14.2 Å². The summed E-state index contributed by atoms with van der Waals surface area (Å²) in [6.45, 7) is 5.97. The Hall–Kier alpha value is -2.32. The summed E-state index contributed by atoms with van der Waals surface area (Å²) in [7, 11) is -3.26. The van der Waals surface area contributed by atoms with E-state index in [1.165, 1.54) is 11.8 Å². The van der Waals surface area contributed by atoms with E-state index in [-0.39, 0.29) is 32.0 Å². The number of hydrogen-bond acceptors (Lipinski definition) is 8. The highest BCUT2D eigenvalue weighted by molar-refractivity contribution is 8.02. The van der Waals surface area contributed by atoms with Gasteiger partial charge in [0, 0.05) is 11.5 Å². The predicted octanol–water partition coefficient (Wildman–Crippen LogP) is 4.49. The Labute approximate surface area is 203 Å². The minimum atomic E-state index is -3.26. The van der Waals surface area contributed by atoms with Gasteiger partial charge in [-0.2, -0.15) is 0 Å². The number of primary amides is 1. The number of hydrogen-bond donors (Lipinski definition) is 1. The lowest BCUT2D eigenvalue weighted by atomic mass is 9.83. The third kappa shape index (κ3) is 4.89. The quantitative estimate of drug-likeness (QED) is 0.522. The van der Waals surface area contributed by atoms with Crippen molar-refractivity contribution < 1.29 is 32.7 Å². The summed E-state index contributed by atoms with van der Waals surface area (Å²) in [6.07, 6.45) is 0.137. The van der Waals surface area contributed by atoms with Crippen molar-refractivity contribution in [2.24, 2.45) is 5.73 Å². The van der Waals surface area contributed by atoms with Crippen molar-refractivity contribution >= 4 is 31.0 Å². The Kier molecular flexibility index (Phi) is 7.38. The SMILES string of the molecule is CCOP(=O)(Cc1ccc(C2c3cc4c(cc3C(=O)C(C)SC2C(N)=O)OCO4)cc1)OCC. The van der Waals surface area contributed by atoms with Crippen LogP contribution in [-0.2, 0) is 24.6 Å². The molecule has 8 nitrogen and oxygen atoms in total. The number of carbonyl (C=O) groups excluding carboxylic acids is 2. The van der Waals surface area contributed by atoms with Crippen LogP contribution in [0.1, 0.15) is 53.7 Å². The number of fused-ring (bicyclic) bond motifs is 2. The van der Waals surface area contributed by atoms with E-state index in [2.05, 4.69) is 0 Å². The third-order valence-corrected chi connectivity index (χ3v) is 9.29. The average molecular weight is 506 g/mol. The molecule has 2 aromatic carbocycles. The van der Waals surface area contributed by atoms with E-state index in [1.54, 1.807) is 32.9 Å². The van der Waals surface area contributed by atoms with Gasteiger partial charge < -0.3 is 24.3 Å². The summed E-state index contributed by atoms with van der Waals surface area (Å²) in [5.41, 5.74) is 8.59. The Morgan fingerprint density at radius 3 is 2.32 bits per heavy atom. The second-order valence-corrected chi connectivity index (χ2v) is 11.6. The Morgan fingerprint density at radius 1 is 1.12 bits per heavy atom. The predicted molar refractivity (Wildman–Crippen MR) is 130 cm³/mol. The molecule has 34 heavy (non-hydrogen) atoms. The molecule has 182 valence electrons. The monoisotopic (exact) mass is 505 g/mol. The largest absolute Gasteiger partial charge is 0.454 e. The molecule has 2 aliphatic heterocycles. The van der Waals surface area contributed by atoms with E-state index < -0.39 is 29.9 Å². The van der Waals surface area contributed by atoms with Gasteiger partial charge in [0.1, 0.15) is 0 Å². The first kappa shape index (κ1) is 24.8. The number of ketones is 1. The fourth-order valence-electron chi connectivity index (χ4n) is 4.33. The van der Waals surface area contributed by atoms with Crippen molar-refractivity contribution in [3.8, 4) is 11.5 Å². The lowest BCUT2D eigenvalue weighted by Crippen LogP contribution is -2.33. The van der Waals surface area contributed by atoms with Gasteiger partial charge in [-0.25, -0.2) is 0 Å². The van der Waals surface area contributed by atoms with E-state index >= 15 is 0 Å². The van der Waals surface area contributed by atoms with Gasteiger partial charge in [0.05, 0.1) is 29.9 Å². The average Bonchev–Trinajstić information content (AvgIpc) is 3.22. The molecular weight excluding hydrogens is 477 g/mol. The summed E-state index contributed by atoms with van der Waals surface area (Å²) < 4.78 is 34.8. The van der Waals surface area contributed by atoms with Crippen LogP contribution in [-0.4, -0.2) is 42.2 Å². The molecule has 2 heterocycles. The molecule has 0 aliphatic carbocycles. The second-order valence-electron chi connectivity index (χ2n) is 8.08. The zero-order valence-corrected chi connectivity index (χ0v) is 21.0. The molecule has 10 heteroatoms. The minimum Gasteiger partial charge on any atom is -0.454 e. The fraction of sp³-hybridized carbons (Fsp3) is 0.417. The standard InChI is InChI=1S/C24H28NO7PS/c1-4-31-33(28,32-5-2)12-15-6-8-16(9-7-15)21-17-10-19-20(30-13-29-19)11-18(17)22(26)14(3)34-23(21)24(25)27/h6-11,14,21,23H,4-5,12-13H2,1-3H3,(H2,25,27). The third-order valence-electron chi connectivity index (χ3n) is 5.82. The minimum absolute atomic E-state index is 0.0784. The summed E-state index contributed by atoms with van der Waals surface area (Å²) in [5.74, 6) is -0.0103. The van der Waals surface area contributed by atoms with Crippen LogP contribution in [0.2, 0.25) is 0 Å². The maximum Gasteiger partial charge on any atom is 0.335 e. The summed E-state index contributed by atoms with van der Waals surface area (Å²) in [6, 6.07) is 10.9. The van der Waals surface area contributed by atoms with Crippen LogP contribution in [0, 0.1) is 0 Å². The molecule has 3 unspecified atom stereocenters. The Bertz CT molecular complexity index is 1130. The molecule has 0 saturated heterocycles. The first-order valence-electron chi connectivity index (χ1n) is 11.2. The number of benzene rings is 2. The Morgan fingerprint density at radius 2 is 1.74 bits per heavy atom. The number of Topliss-reactive ketones (excluding diaryl/α,β-unsaturated/α-hetero) is 1. The molecule has 2 N–H and O–H groups in total. The van der Waals surface area contributed by atoms with Crippen LogP contribution in [0.15, 0.2) is 36.4 Å². The van der Waals surface area contributed by atoms with Crippen LogP contribution < -0.4 is 15.2 Å². The molecule has 0 saturated carbocycles. The van der Waals surface area contributed by atoms with Crippen molar-refractivity contribution in [1.29, 1.82) is 0 Å². The Balaban J connectivity index is 1.76. The van der Waals surface area contributed by atoms with Gasteiger partial charge >= 0.3 is 7.60 Å². The van der Waals surface area contributed by atoms with E-state index in [0.717, 1.165) is 11.1 Å². The molecule has 4 rings (SSSR count). The summed E-state index contributed by atoms with van der Waals surface area (Å²) in [5, 5.41) is -1.12. The molecule has 2 aromatic rings. The van der Waals surface area contributed by atoms with Crippen molar-refractivity contribution in [3.05, 3.63) is 58.7 Å². The smallest absolute Gasteiger partial charge is 0.335 e. The van der Waals surface area contributed by atoms with E-state index in [4.69, 9.17) is 24.3 Å². The van der Waals surface area contributed by atoms with Gasteiger partial charge in [-0.05, 0) is 49.6 Å². The number of nitrogens with two attached hydrogens (primary N) is 1. The normalized spacial score (nSPS) is 21.7. The van der Waals surface area contributed by atoms with Gasteiger partial charge in [0.15, 0.2) is 17.3 Å². The van der Waals surface area contributed by atoms with Crippen molar-refractivity contribution in [2.45, 2.75) is 43.4 Å².